The normalized spacial score (nSPS) is 11.8. The standard InChI is InChI=1S/C9H10O2/c1-2-4-8(10)7-9-5-3-6-11-9/h3,5-6,8,10H,7H2,1H3. The van der Waals surface area contributed by atoms with Crippen molar-refractivity contribution in [3.63, 3.8) is 0 Å². The van der Waals surface area contributed by atoms with Crippen LogP contribution in [0.3, 0.4) is 0 Å². The maximum Gasteiger partial charge on any atom is 0.121 e. The number of aliphatic hydroxyl groups is 1. The molecule has 0 saturated carbocycles. The minimum absolute atomic E-state index is 0.466. The smallest absolute Gasteiger partial charge is 0.121 e. The van der Waals surface area contributed by atoms with Gasteiger partial charge in [-0.15, -0.1) is 5.92 Å². The van der Waals surface area contributed by atoms with Crippen LogP contribution < -0.4 is 0 Å². The molecule has 2 nitrogen and oxygen atoms in total. The molecule has 1 aromatic heterocycles. The lowest BCUT2D eigenvalue weighted by Crippen LogP contribution is -2.05. The van der Waals surface area contributed by atoms with Gasteiger partial charge in [0.15, 0.2) is 0 Å². The highest BCUT2D eigenvalue weighted by Crippen LogP contribution is 2.02. The van der Waals surface area contributed by atoms with Crippen LogP contribution in [0.1, 0.15) is 12.7 Å². The van der Waals surface area contributed by atoms with Crippen molar-refractivity contribution < 1.29 is 9.52 Å². The van der Waals surface area contributed by atoms with Crippen molar-refractivity contribution in [2.75, 3.05) is 0 Å². The van der Waals surface area contributed by atoms with Gasteiger partial charge in [0.2, 0.25) is 0 Å². The Balaban J connectivity index is 2.48. The number of furan rings is 1. The van der Waals surface area contributed by atoms with Gasteiger partial charge in [-0.1, -0.05) is 5.92 Å². The van der Waals surface area contributed by atoms with Crippen molar-refractivity contribution in [2.24, 2.45) is 0 Å². The monoisotopic (exact) mass is 150 g/mol. The van der Waals surface area contributed by atoms with E-state index in [0.717, 1.165) is 5.76 Å². The van der Waals surface area contributed by atoms with Crippen LogP contribution in [-0.2, 0) is 6.42 Å². The molecule has 0 saturated heterocycles. The molecule has 0 aliphatic carbocycles. The first kappa shape index (κ1) is 7.90. The second-order valence-corrected chi connectivity index (χ2v) is 2.19. The maximum absolute atomic E-state index is 9.19. The lowest BCUT2D eigenvalue weighted by Gasteiger charge is -1.97. The zero-order valence-corrected chi connectivity index (χ0v) is 6.37. The van der Waals surface area contributed by atoms with Crippen LogP contribution >= 0.6 is 0 Å². The molecule has 2 heteroatoms. The molecule has 0 radical (unpaired) electrons. The van der Waals surface area contributed by atoms with Crippen LogP contribution in [0, 0.1) is 11.8 Å². The third-order valence-electron chi connectivity index (χ3n) is 1.29. The van der Waals surface area contributed by atoms with Crippen LogP contribution in [0.25, 0.3) is 0 Å². The molecule has 58 valence electrons. The summed E-state index contributed by atoms with van der Waals surface area (Å²) in [5, 5.41) is 9.19. The fourth-order valence-electron chi connectivity index (χ4n) is 0.837. The molecule has 1 atom stereocenters. The van der Waals surface area contributed by atoms with E-state index in [0.29, 0.717) is 6.42 Å². The molecule has 0 spiro atoms. The topological polar surface area (TPSA) is 33.4 Å². The third kappa shape index (κ3) is 2.48. The van der Waals surface area contributed by atoms with Crippen molar-refractivity contribution in [1.82, 2.24) is 0 Å². The summed E-state index contributed by atoms with van der Waals surface area (Å²) in [6, 6.07) is 3.61. The fraction of sp³-hybridized carbons (Fsp3) is 0.333. The average Bonchev–Trinajstić information content (AvgIpc) is 2.40. The molecule has 0 amide bonds. The highest BCUT2D eigenvalue weighted by molar-refractivity contribution is 5.08. The zero-order valence-electron chi connectivity index (χ0n) is 6.37. The first-order valence-electron chi connectivity index (χ1n) is 3.45. The van der Waals surface area contributed by atoms with Crippen LogP contribution in [0.15, 0.2) is 22.8 Å². The predicted molar refractivity (Wildman–Crippen MR) is 41.9 cm³/mol. The quantitative estimate of drug-likeness (QED) is 0.643. The molecule has 0 aliphatic rings. The van der Waals surface area contributed by atoms with Crippen molar-refractivity contribution in [2.45, 2.75) is 19.4 Å². The molecular weight excluding hydrogens is 140 g/mol. The Bertz CT molecular complexity index is 251. The SMILES string of the molecule is CC#CC(O)Cc1ccco1. The summed E-state index contributed by atoms with van der Waals surface area (Å²) in [5.74, 6) is 6.03. The Morgan fingerprint density at radius 2 is 2.55 bits per heavy atom. The van der Waals surface area contributed by atoms with E-state index in [1.807, 2.05) is 6.07 Å². The summed E-state index contributed by atoms with van der Waals surface area (Å²) in [5.41, 5.74) is 0. The van der Waals surface area contributed by atoms with Crippen molar-refractivity contribution in [1.29, 1.82) is 0 Å². The van der Waals surface area contributed by atoms with Gasteiger partial charge in [-0.2, -0.15) is 0 Å². The molecular formula is C9H10O2. The van der Waals surface area contributed by atoms with Crippen LogP contribution in [-0.4, -0.2) is 11.2 Å². The van der Waals surface area contributed by atoms with Gasteiger partial charge in [-0.3, -0.25) is 0 Å². The van der Waals surface area contributed by atoms with E-state index in [-0.39, 0.29) is 0 Å². The van der Waals surface area contributed by atoms with E-state index in [1.54, 1.807) is 19.3 Å². The van der Waals surface area contributed by atoms with E-state index in [2.05, 4.69) is 11.8 Å². The zero-order chi connectivity index (χ0) is 8.10. The summed E-state index contributed by atoms with van der Waals surface area (Å²) in [6.45, 7) is 1.70. The van der Waals surface area contributed by atoms with Crippen molar-refractivity contribution in [3.8, 4) is 11.8 Å². The fourth-order valence-corrected chi connectivity index (χ4v) is 0.837. The number of hydrogen-bond donors (Lipinski definition) is 1. The number of hydrogen-bond acceptors (Lipinski definition) is 2. The molecule has 0 aliphatic heterocycles. The van der Waals surface area contributed by atoms with Crippen molar-refractivity contribution in [3.05, 3.63) is 24.2 Å². The Hall–Kier alpha value is -1.20. The Morgan fingerprint density at radius 3 is 3.09 bits per heavy atom. The lowest BCUT2D eigenvalue weighted by molar-refractivity contribution is 0.224. The minimum atomic E-state index is -0.605. The van der Waals surface area contributed by atoms with E-state index in [1.165, 1.54) is 0 Å². The molecule has 0 fully saturated rings. The highest BCUT2D eigenvalue weighted by atomic mass is 16.3. The Morgan fingerprint density at radius 1 is 1.73 bits per heavy atom. The van der Waals surface area contributed by atoms with Gasteiger partial charge in [0.05, 0.1) is 6.26 Å². The van der Waals surface area contributed by atoms with Crippen molar-refractivity contribution >= 4 is 0 Å². The summed E-state index contributed by atoms with van der Waals surface area (Å²) in [7, 11) is 0. The molecule has 0 bridgehead atoms. The summed E-state index contributed by atoms with van der Waals surface area (Å²) < 4.78 is 5.02. The largest absolute Gasteiger partial charge is 0.469 e. The third-order valence-corrected chi connectivity index (χ3v) is 1.29. The summed E-state index contributed by atoms with van der Waals surface area (Å²) in [6.07, 6.45) is 1.45. The van der Waals surface area contributed by atoms with Crippen LogP contribution in [0.4, 0.5) is 0 Å². The van der Waals surface area contributed by atoms with Gasteiger partial charge in [-0.05, 0) is 19.1 Å². The molecule has 1 aromatic rings. The Labute approximate surface area is 65.8 Å². The second kappa shape index (κ2) is 3.85. The minimum Gasteiger partial charge on any atom is -0.469 e. The van der Waals surface area contributed by atoms with Gasteiger partial charge >= 0.3 is 0 Å². The Kier molecular flexibility index (Phi) is 2.76. The van der Waals surface area contributed by atoms with E-state index >= 15 is 0 Å². The molecule has 1 rings (SSSR count). The van der Waals surface area contributed by atoms with Gasteiger partial charge in [0, 0.05) is 6.42 Å². The van der Waals surface area contributed by atoms with E-state index in [4.69, 9.17) is 4.42 Å². The first-order chi connectivity index (χ1) is 5.33. The van der Waals surface area contributed by atoms with E-state index in [9.17, 15) is 5.11 Å². The number of aliphatic hydroxyl groups excluding tert-OH is 1. The van der Waals surface area contributed by atoms with Crippen LogP contribution in [0.5, 0.6) is 0 Å². The van der Waals surface area contributed by atoms with Crippen LogP contribution in [0.2, 0.25) is 0 Å². The summed E-state index contributed by atoms with van der Waals surface area (Å²) >= 11 is 0. The average molecular weight is 150 g/mol. The first-order valence-corrected chi connectivity index (χ1v) is 3.45. The maximum atomic E-state index is 9.19. The molecule has 1 N–H and O–H groups in total. The highest BCUT2D eigenvalue weighted by Gasteiger charge is 2.02. The second-order valence-electron chi connectivity index (χ2n) is 2.19. The number of rotatable bonds is 2. The lowest BCUT2D eigenvalue weighted by atomic mass is 10.2. The van der Waals surface area contributed by atoms with E-state index < -0.39 is 6.10 Å². The van der Waals surface area contributed by atoms with Gasteiger partial charge in [0.25, 0.3) is 0 Å². The molecule has 1 unspecified atom stereocenters. The predicted octanol–water partition coefficient (Wildman–Crippen LogP) is 1.21. The molecule has 11 heavy (non-hydrogen) atoms. The molecule has 1 heterocycles. The van der Waals surface area contributed by atoms with Gasteiger partial charge in [-0.25, -0.2) is 0 Å². The van der Waals surface area contributed by atoms with Gasteiger partial charge in [0.1, 0.15) is 11.9 Å². The van der Waals surface area contributed by atoms with Gasteiger partial charge < -0.3 is 9.52 Å². The molecule has 0 aromatic carbocycles. The summed E-state index contributed by atoms with van der Waals surface area (Å²) in [4.78, 5) is 0.